The van der Waals surface area contributed by atoms with Gasteiger partial charge in [0.2, 0.25) is 5.76 Å². The molecule has 0 aromatic heterocycles. The number of aliphatic hydroxyl groups is 4. The van der Waals surface area contributed by atoms with E-state index in [1.807, 2.05) is 0 Å². The van der Waals surface area contributed by atoms with Gasteiger partial charge in [-0.25, -0.2) is 9.36 Å². The third-order valence-electron chi connectivity index (χ3n) is 1.48. The van der Waals surface area contributed by atoms with Crippen LogP contribution in [0.25, 0.3) is 0 Å². The lowest BCUT2D eigenvalue weighted by molar-refractivity contribution is -0.147. The van der Waals surface area contributed by atoms with E-state index in [1.54, 1.807) is 0 Å². The number of hydrogen-bond donors (Lipinski definition) is 10. The summed E-state index contributed by atoms with van der Waals surface area (Å²) in [6, 6.07) is 0. The first-order valence-electron chi connectivity index (χ1n) is 4.75. The molecule has 1 heterocycles. The van der Waals surface area contributed by atoms with Crippen LogP contribution in [0.15, 0.2) is 11.5 Å². The second-order valence-electron chi connectivity index (χ2n) is 3.17. The molecule has 0 fully saturated rings. The maximum atomic E-state index is 10.5. The zero-order valence-corrected chi connectivity index (χ0v) is 11.0. The predicted molar refractivity (Wildman–Crippen MR) is 61.9 cm³/mol. The summed E-state index contributed by atoms with van der Waals surface area (Å²) in [5.74, 6) is -2.78. The third-order valence-corrected chi connectivity index (χ3v) is 1.48. The normalized spacial score (nSPS) is 18.9. The van der Waals surface area contributed by atoms with Gasteiger partial charge in [-0.1, -0.05) is 0 Å². The lowest BCUT2D eigenvalue weighted by atomic mass is 10.2. The van der Waals surface area contributed by atoms with Crippen LogP contribution in [0.2, 0.25) is 0 Å². The van der Waals surface area contributed by atoms with Crippen LogP contribution >= 0.6 is 7.82 Å². The first-order chi connectivity index (χ1) is 9.31. The van der Waals surface area contributed by atoms with Crippen molar-refractivity contribution >= 4 is 21.1 Å². The molecule has 0 unspecified atom stereocenters. The van der Waals surface area contributed by atoms with Crippen molar-refractivity contribution in [2.45, 2.75) is 12.2 Å². The Morgan fingerprint density at radius 3 is 1.71 bits per heavy atom. The maximum Gasteiger partial charge on any atom is 0.631 e. The van der Waals surface area contributed by atoms with Gasteiger partial charge in [-0.3, -0.25) is 0 Å². The van der Waals surface area contributed by atoms with Gasteiger partial charge in [-0.2, -0.15) is 0 Å². The Labute approximate surface area is 117 Å². The van der Waals surface area contributed by atoms with E-state index in [-0.39, 0.29) is 0 Å². The van der Waals surface area contributed by atoms with Gasteiger partial charge < -0.3 is 54.9 Å². The minimum Gasteiger partial charge on any atom is -0.505 e. The van der Waals surface area contributed by atoms with E-state index in [4.69, 9.17) is 54.7 Å². The lowest BCUT2D eigenvalue weighted by Crippen LogP contribution is -2.31. The number of phosphoric acid groups is 1. The SMILES string of the molecule is O=C1O[C@H]([C@@H](O)CO)C(O)=C1O.O=P(O)(O)O.OB(O)O. The summed E-state index contributed by atoms with van der Waals surface area (Å²) in [5, 5.41) is 56.5. The average molecular weight is 336 g/mol. The highest BCUT2D eigenvalue weighted by Gasteiger charge is 2.38. The Kier molecular flexibility index (Phi) is 10.2. The maximum absolute atomic E-state index is 10.5. The van der Waals surface area contributed by atoms with Crippen molar-refractivity contribution in [3.8, 4) is 0 Å². The van der Waals surface area contributed by atoms with Gasteiger partial charge in [-0.15, -0.1) is 0 Å². The first kappa shape index (κ1) is 22.1. The molecule has 0 bridgehead atoms. The second-order valence-corrected chi connectivity index (χ2v) is 4.20. The van der Waals surface area contributed by atoms with E-state index in [1.165, 1.54) is 0 Å². The molecule has 1 aliphatic heterocycles. The Balaban J connectivity index is 0. The van der Waals surface area contributed by atoms with Crippen molar-refractivity contribution in [2.75, 3.05) is 6.61 Å². The quantitative estimate of drug-likeness (QED) is 0.130. The highest BCUT2D eigenvalue weighted by molar-refractivity contribution is 7.45. The molecular weight excluding hydrogens is 322 g/mol. The van der Waals surface area contributed by atoms with Crippen molar-refractivity contribution in [1.82, 2.24) is 0 Å². The number of ether oxygens (including phenoxy) is 1. The average Bonchev–Trinajstić information content (AvgIpc) is 2.53. The number of rotatable bonds is 2. The van der Waals surface area contributed by atoms with Gasteiger partial charge in [0.15, 0.2) is 11.9 Å². The molecule has 10 N–H and O–H groups in total. The van der Waals surface area contributed by atoms with Crippen molar-refractivity contribution in [1.29, 1.82) is 0 Å². The summed E-state index contributed by atoms with van der Waals surface area (Å²) in [6.45, 7) is -0.671. The summed E-state index contributed by atoms with van der Waals surface area (Å²) in [7, 11) is -6.81. The summed E-state index contributed by atoms with van der Waals surface area (Å²) >= 11 is 0. The molecule has 2 atom stereocenters. The van der Waals surface area contributed by atoms with Crippen LogP contribution in [0.4, 0.5) is 0 Å². The molecule has 15 heteroatoms. The summed E-state index contributed by atoms with van der Waals surface area (Å²) in [5.41, 5.74) is 0. The number of esters is 1. The van der Waals surface area contributed by atoms with Gasteiger partial charge in [0.05, 0.1) is 6.61 Å². The Morgan fingerprint density at radius 1 is 1.19 bits per heavy atom. The van der Waals surface area contributed by atoms with Crippen LogP contribution in [0.1, 0.15) is 0 Å². The number of carbonyl (C=O) groups is 1. The minimum atomic E-state index is -4.64. The number of aliphatic hydroxyl groups excluding tert-OH is 4. The molecule has 1 rings (SSSR count). The minimum absolute atomic E-state index is 0.671. The zero-order valence-electron chi connectivity index (χ0n) is 10.1. The molecule has 0 aromatic carbocycles. The molecule has 0 amide bonds. The fourth-order valence-corrected chi connectivity index (χ4v) is 0.823. The molecule has 0 aliphatic carbocycles. The van der Waals surface area contributed by atoms with Crippen molar-refractivity contribution in [3.63, 3.8) is 0 Å². The van der Waals surface area contributed by atoms with E-state index in [0.717, 1.165) is 0 Å². The molecule has 1 aliphatic rings. The monoisotopic (exact) mass is 336 g/mol. The first-order valence-corrected chi connectivity index (χ1v) is 6.32. The Bertz CT molecular complexity index is 390. The molecule has 0 spiro atoms. The molecule has 0 aromatic rings. The van der Waals surface area contributed by atoms with Crippen LogP contribution in [0.3, 0.4) is 0 Å². The summed E-state index contributed by atoms with van der Waals surface area (Å²) in [6.07, 6.45) is -2.78. The van der Waals surface area contributed by atoms with Crippen LogP contribution in [0.5, 0.6) is 0 Å². The number of cyclic esters (lactones) is 1. The summed E-state index contributed by atoms with van der Waals surface area (Å²) < 4.78 is 13.2. The molecule has 21 heavy (non-hydrogen) atoms. The topological polar surface area (TPSA) is 246 Å². The van der Waals surface area contributed by atoms with Crippen molar-refractivity contribution in [3.05, 3.63) is 11.5 Å². The van der Waals surface area contributed by atoms with E-state index in [2.05, 4.69) is 4.74 Å². The van der Waals surface area contributed by atoms with Crippen LogP contribution in [-0.2, 0) is 14.1 Å². The highest BCUT2D eigenvalue weighted by atomic mass is 31.2. The van der Waals surface area contributed by atoms with Crippen LogP contribution in [0, 0.1) is 0 Å². The van der Waals surface area contributed by atoms with Crippen molar-refractivity contribution < 1.29 is 64.3 Å². The highest BCUT2D eigenvalue weighted by Crippen LogP contribution is 2.25. The molecular formula is C6H14BO13P. The number of hydrogen-bond acceptors (Lipinski definition) is 10. The Hall–Kier alpha value is -1.22. The fourth-order valence-electron chi connectivity index (χ4n) is 0.823. The van der Waals surface area contributed by atoms with E-state index in [0.29, 0.717) is 0 Å². The zero-order chi connectivity index (χ0) is 17.4. The van der Waals surface area contributed by atoms with E-state index < -0.39 is 51.4 Å². The molecule has 0 saturated carbocycles. The van der Waals surface area contributed by atoms with E-state index >= 15 is 0 Å². The Morgan fingerprint density at radius 2 is 1.52 bits per heavy atom. The lowest BCUT2D eigenvalue weighted by Gasteiger charge is -2.13. The second kappa shape index (κ2) is 9.67. The van der Waals surface area contributed by atoms with Crippen molar-refractivity contribution in [2.24, 2.45) is 0 Å². The van der Waals surface area contributed by atoms with Gasteiger partial charge >= 0.3 is 21.1 Å². The van der Waals surface area contributed by atoms with E-state index in [9.17, 15) is 4.79 Å². The van der Waals surface area contributed by atoms with Gasteiger partial charge in [0.1, 0.15) is 6.10 Å². The summed E-state index contributed by atoms with van der Waals surface area (Å²) in [4.78, 5) is 32.1. The van der Waals surface area contributed by atoms with Gasteiger partial charge in [0, 0.05) is 0 Å². The molecule has 13 nitrogen and oxygen atoms in total. The molecule has 0 radical (unpaired) electrons. The third kappa shape index (κ3) is 12.3. The fraction of sp³-hybridized carbons (Fsp3) is 0.500. The van der Waals surface area contributed by atoms with Crippen LogP contribution in [-0.4, -0.2) is 82.3 Å². The van der Waals surface area contributed by atoms with Crippen LogP contribution < -0.4 is 0 Å². The molecule has 0 saturated heterocycles. The predicted octanol–water partition coefficient (Wildman–Crippen LogP) is -4.39. The number of carbonyl (C=O) groups excluding carboxylic acids is 1. The largest absolute Gasteiger partial charge is 0.631 e. The standard InChI is InChI=1S/C6H8O6.BH3O3.H3O4P/c7-1-2(8)5-3(9)4(10)6(11)12-5;2-1(3)4;1-5(2,3)4/h2,5,7-10H,1H2;2-4H;(H3,1,2,3,4)/t2-,5+;;/m0../s1. The van der Waals surface area contributed by atoms with Gasteiger partial charge in [0.25, 0.3) is 0 Å². The van der Waals surface area contributed by atoms with Gasteiger partial charge in [-0.05, 0) is 0 Å². The molecule has 124 valence electrons. The smallest absolute Gasteiger partial charge is 0.505 e.